The number of aliphatic hydroxyl groups excluding tert-OH is 1. The highest BCUT2D eigenvalue weighted by Crippen LogP contribution is 2.37. The quantitative estimate of drug-likeness (QED) is 0.761. The van der Waals surface area contributed by atoms with Crippen LogP contribution in [0.2, 0.25) is 0 Å². The summed E-state index contributed by atoms with van der Waals surface area (Å²) >= 11 is 1.52. The first-order valence-corrected chi connectivity index (χ1v) is 8.18. The Morgan fingerprint density at radius 2 is 2.29 bits per heavy atom. The summed E-state index contributed by atoms with van der Waals surface area (Å²) in [6, 6.07) is 1.89. The summed E-state index contributed by atoms with van der Waals surface area (Å²) in [4.78, 5) is 12.9. The summed E-state index contributed by atoms with van der Waals surface area (Å²) in [5.74, 6) is -0.0728. The summed E-state index contributed by atoms with van der Waals surface area (Å²) in [7, 11) is 1.72. The van der Waals surface area contributed by atoms with Crippen LogP contribution in [0.25, 0.3) is 6.08 Å². The summed E-state index contributed by atoms with van der Waals surface area (Å²) in [6.45, 7) is 1.42. The second kappa shape index (κ2) is 7.73. The first-order chi connectivity index (χ1) is 10.2. The second-order valence-corrected chi connectivity index (χ2v) is 6.65. The van der Waals surface area contributed by atoms with Crippen LogP contribution in [0.5, 0.6) is 0 Å². The van der Waals surface area contributed by atoms with Crippen LogP contribution in [0.3, 0.4) is 0 Å². The van der Waals surface area contributed by atoms with Crippen LogP contribution in [0.4, 0.5) is 0 Å². The molecule has 4 nitrogen and oxygen atoms in total. The zero-order valence-electron chi connectivity index (χ0n) is 12.4. The predicted octanol–water partition coefficient (Wildman–Crippen LogP) is 2.58. The molecule has 2 N–H and O–H groups in total. The van der Waals surface area contributed by atoms with E-state index in [1.807, 2.05) is 11.4 Å². The minimum absolute atomic E-state index is 0.0378. The number of rotatable bonds is 7. The Bertz CT molecular complexity index is 489. The Morgan fingerprint density at radius 3 is 2.90 bits per heavy atom. The molecule has 2 rings (SSSR count). The van der Waals surface area contributed by atoms with Crippen molar-refractivity contribution in [2.24, 2.45) is 5.41 Å². The monoisotopic (exact) mass is 309 g/mol. The number of carbonyl (C=O) groups excluding carboxylic acids is 1. The number of ether oxygens (including phenoxy) is 1. The minimum atomic E-state index is -0.0728. The Morgan fingerprint density at radius 1 is 1.52 bits per heavy atom. The van der Waals surface area contributed by atoms with E-state index in [2.05, 4.69) is 5.32 Å². The lowest BCUT2D eigenvalue weighted by Gasteiger charge is -2.27. The molecular formula is C16H23NO3S. The fourth-order valence-electron chi connectivity index (χ4n) is 2.86. The van der Waals surface area contributed by atoms with Crippen molar-refractivity contribution in [2.75, 3.05) is 20.3 Å². The average molecular weight is 309 g/mol. The molecule has 1 aromatic heterocycles. The second-order valence-electron chi connectivity index (χ2n) is 5.71. The third kappa shape index (κ3) is 4.66. The third-order valence-electron chi connectivity index (χ3n) is 4.01. The molecule has 0 saturated heterocycles. The molecule has 5 heteroatoms. The van der Waals surface area contributed by atoms with Crippen molar-refractivity contribution in [3.8, 4) is 0 Å². The number of hydrogen-bond acceptors (Lipinski definition) is 4. The molecule has 0 unspecified atom stereocenters. The summed E-state index contributed by atoms with van der Waals surface area (Å²) in [5, 5.41) is 13.9. The number of amides is 1. The van der Waals surface area contributed by atoms with E-state index in [1.165, 1.54) is 24.2 Å². The third-order valence-corrected chi connectivity index (χ3v) is 4.95. The van der Waals surface area contributed by atoms with Crippen LogP contribution in [0.1, 0.15) is 36.1 Å². The van der Waals surface area contributed by atoms with Gasteiger partial charge in [-0.25, -0.2) is 0 Å². The van der Waals surface area contributed by atoms with E-state index in [-0.39, 0.29) is 17.9 Å². The molecule has 1 aromatic rings. The molecule has 21 heavy (non-hydrogen) atoms. The molecule has 0 bridgehead atoms. The van der Waals surface area contributed by atoms with Gasteiger partial charge in [-0.2, -0.15) is 0 Å². The Kier molecular flexibility index (Phi) is 5.96. The fraction of sp³-hybridized carbons (Fsp3) is 0.562. The van der Waals surface area contributed by atoms with Crippen LogP contribution in [0, 0.1) is 5.41 Å². The van der Waals surface area contributed by atoms with Crippen molar-refractivity contribution < 1.29 is 14.6 Å². The van der Waals surface area contributed by atoms with Gasteiger partial charge in [0.15, 0.2) is 0 Å². The minimum Gasteiger partial charge on any atom is -0.392 e. The van der Waals surface area contributed by atoms with Crippen molar-refractivity contribution >= 4 is 23.3 Å². The molecular weight excluding hydrogens is 286 g/mol. The topological polar surface area (TPSA) is 58.6 Å². The lowest BCUT2D eigenvalue weighted by molar-refractivity contribution is -0.117. The Balaban J connectivity index is 1.83. The normalized spacial score (nSPS) is 17.4. The van der Waals surface area contributed by atoms with E-state index >= 15 is 0 Å². The van der Waals surface area contributed by atoms with Gasteiger partial charge in [-0.1, -0.05) is 12.8 Å². The predicted molar refractivity (Wildman–Crippen MR) is 85.1 cm³/mol. The summed E-state index contributed by atoms with van der Waals surface area (Å²) in [5.41, 5.74) is 0.996. The van der Waals surface area contributed by atoms with Gasteiger partial charge in [0.2, 0.25) is 5.91 Å². The number of aliphatic hydroxyl groups is 1. The summed E-state index contributed by atoms with van der Waals surface area (Å²) in [6.07, 6.45) is 8.02. The molecule has 1 saturated carbocycles. The van der Waals surface area contributed by atoms with Gasteiger partial charge in [0, 0.05) is 30.0 Å². The number of methoxy groups -OCH3 is 1. The van der Waals surface area contributed by atoms with Crippen LogP contribution in [-0.2, 0) is 16.1 Å². The maximum atomic E-state index is 11.9. The first-order valence-electron chi connectivity index (χ1n) is 7.31. The number of nitrogens with one attached hydrogen (secondary N) is 1. The molecule has 1 aliphatic rings. The van der Waals surface area contributed by atoms with Gasteiger partial charge in [0.25, 0.3) is 0 Å². The Hall–Kier alpha value is -1.17. The molecule has 1 aliphatic carbocycles. The van der Waals surface area contributed by atoms with E-state index < -0.39 is 0 Å². The Labute approximate surface area is 129 Å². The van der Waals surface area contributed by atoms with E-state index in [9.17, 15) is 4.79 Å². The maximum absolute atomic E-state index is 11.9. The van der Waals surface area contributed by atoms with Crippen LogP contribution < -0.4 is 5.32 Å². The first kappa shape index (κ1) is 16.2. The molecule has 0 atom stereocenters. The van der Waals surface area contributed by atoms with Crippen molar-refractivity contribution in [1.29, 1.82) is 0 Å². The molecule has 0 aliphatic heterocycles. The van der Waals surface area contributed by atoms with Crippen molar-refractivity contribution in [3.05, 3.63) is 28.0 Å². The number of thiophene rings is 1. The van der Waals surface area contributed by atoms with Crippen molar-refractivity contribution in [3.63, 3.8) is 0 Å². The number of hydrogen-bond donors (Lipinski definition) is 2. The van der Waals surface area contributed by atoms with E-state index in [0.29, 0.717) is 13.2 Å². The summed E-state index contributed by atoms with van der Waals surface area (Å²) < 4.78 is 5.31. The van der Waals surface area contributed by atoms with Crippen molar-refractivity contribution in [1.82, 2.24) is 5.32 Å². The molecule has 1 fully saturated rings. The van der Waals surface area contributed by atoms with Gasteiger partial charge >= 0.3 is 0 Å². The van der Waals surface area contributed by atoms with E-state index in [4.69, 9.17) is 9.84 Å². The van der Waals surface area contributed by atoms with Gasteiger partial charge < -0.3 is 15.2 Å². The highest BCUT2D eigenvalue weighted by Gasteiger charge is 2.33. The highest BCUT2D eigenvalue weighted by molar-refractivity contribution is 7.11. The lowest BCUT2D eigenvalue weighted by atomic mass is 9.87. The lowest BCUT2D eigenvalue weighted by Crippen LogP contribution is -2.38. The van der Waals surface area contributed by atoms with E-state index in [1.54, 1.807) is 19.3 Å². The molecule has 0 spiro atoms. The highest BCUT2D eigenvalue weighted by atomic mass is 32.1. The van der Waals surface area contributed by atoms with Crippen LogP contribution >= 0.6 is 11.3 Å². The maximum Gasteiger partial charge on any atom is 0.244 e. The fourth-order valence-corrected chi connectivity index (χ4v) is 3.66. The SMILES string of the molecule is COCC1(CNC(=O)C=Cc2cc(CO)cs2)CCCC1. The molecule has 116 valence electrons. The molecule has 1 heterocycles. The average Bonchev–Trinajstić information content (AvgIpc) is 3.13. The number of carbonyl (C=O) groups is 1. The molecule has 1 amide bonds. The van der Waals surface area contributed by atoms with Gasteiger partial charge in [-0.05, 0) is 35.9 Å². The van der Waals surface area contributed by atoms with Gasteiger partial charge in [0.1, 0.15) is 0 Å². The van der Waals surface area contributed by atoms with Crippen molar-refractivity contribution in [2.45, 2.75) is 32.3 Å². The van der Waals surface area contributed by atoms with Crippen LogP contribution in [-0.4, -0.2) is 31.3 Å². The van der Waals surface area contributed by atoms with Gasteiger partial charge in [0.05, 0.1) is 13.2 Å². The zero-order chi connectivity index (χ0) is 15.1. The zero-order valence-corrected chi connectivity index (χ0v) is 13.2. The largest absolute Gasteiger partial charge is 0.392 e. The van der Waals surface area contributed by atoms with Gasteiger partial charge in [-0.15, -0.1) is 11.3 Å². The molecule has 0 radical (unpaired) electrons. The smallest absolute Gasteiger partial charge is 0.244 e. The molecule has 0 aromatic carbocycles. The van der Waals surface area contributed by atoms with Gasteiger partial charge in [-0.3, -0.25) is 4.79 Å². The standard InChI is InChI=1S/C16H23NO3S/c1-20-12-16(6-2-3-7-16)11-17-15(19)5-4-14-8-13(9-18)10-21-14/h4-5,8,10,18H,2-3,6-7,9,11-12H2,1H3,(H,17,19). The van der Waals surface area contributed by atoms with E-state index in [0.717, 1.165) is 23.3 Å². The van der Waals surface area contributed by atoms with Crippen LogP contribution in [0.15, 0.2) is 17.5 Å².